The van der Waals surface area contributed by atoms with Gasteiger partial charge in [-0.3, -0.25) is 4.72 Å². The van der Waals surface area contributed by atoms with Crippen LogP contribution in [0.25, 0.3) is 0 Å². The Bertz CT molecular complexity index is 812. The van der Waals surface area contributed by atoms with Crippen LogP contribution in [0.4, 0.5) is 5.69 Å². The number of aryl methyl sites for hydroxylation is 1. The van der Waals surface area contributed by atoms with Crippen LogP contribution in [0.1, 0.15) is 21.6 Å². The number of anilines is 1. The van der Waals surface area contributed by atoms with E-state index in [9.17, 15) is 13.2 Å². The molecule has 0 spiro atoms. The van der Waals surface area contributed by atoms with Crippen LogP contribution in [0.2, 0.25) is 5.02 Å². The maximum absolute atomic E-state index is 12.4. The van der Waals surface area contributed by atoms with Crippen molar-refractivity contribution in [3.05, 3.63) is 46.2 Å². The summed E-state index contributed by atoms with van der Waals surface area (Å²) in [6.07, 6.45) is 1.30. The van der Waals surface area contributed by atoms with Crippen molar-refractivity contribution < 1.29 is 18.3 Å². The molecule has 8 heteroatoms. The second-order valence-corrected chi connectivity index (χ2v) is 6.53. The zero-order valence-electron chi connectivity index (χ0n) is 11.3. The Morgan fingerprint density at radius 1 is 1.33 bits per heavy atom. The molecule has 0 radical (unpaired) electrons. The Morgan fingerprint density at radius 3 is 2.62 bits per heavy atom. The third-order valence-electron chi connectivity index (χ3n) is 3.04. The molecule has 6 nitrogen and oxygen atoms in total. The number of carbonyl (C=O) groups is 1. The van der Waals surface area contributed by atoms with Gasteiger partial charge in [-0.05, 0) is 31.5 Å². The molecular weight excluding hydrogens is 316 g/mol. The topological polar surface area (TPSA) is 99.3 Å². The van der Waals surface area contributed by atoms with Crippen molar-refractivity contribution in [3.63, 3.8) is 0 Å². The summed E-state index contributed by atoms with van der Waals surface area (Å²) >= 11 is 5.92. The first-order valence-corrected chi connectivity index (χ1v) is 7.79. The van der Waals surface area contributed by atoms with Gasteiger partial charge in [-0.1, -0.05) is 17.7 Å². The second-order valence-electron chi connectivity index (χ2n) is 4.48. The molecule has 0 aliphatic heterocycles. The number of nitrogens with one attached hydrogen (secondary N) is 2. The van der Waals surface area contributed by atoms with Gasteiger partial charge in [0.1, 0.15) is 5.56 Å². The summed E-state index contributed by atoms with van der Waals surface area (Å²) in [4.78, 5) is 13.9. The largest absolute Gasteiger partial charge is 0.478 e. The Kier molecular flexibility index (Phi) is 3.97. The maximum Gasteiger partial charge on any atom is 0.339 e. The molecule has 0 aliphatic carbocycles. The highest BCUT2D eigenvalue weighted by Gasteiger charge is 2.23. The average molecular weight is 329 g/mol. The minimum absolute atomic E-state index is 0.00481. The number of aromatic nitrogens is 1. The van der Waals surface area contributed by atoms with Crippen LogP contribution >= 0.6 is 11.6 Å². The highest BCUT2D eigenvalue weighted by Crippen LogP contribution is 2.27. The van der Waals surface area contributed by atoms with Gasteiger partial charge in [0.15, 0.2) is 0 Å². The minimum atomic E-state index is -3.93. The number of carboxylic acids is 1. The summed E-state index contributed by atoms with van der Waals surface area (Å²) in [5.74, 6) is -1.21. The van der Waals surface area contributed by atoms with Crippen LogP contribution in [0.5, 0.6) is 0 Å². The molecule has 0 unspecified atom stereocenters. The molecular formula is C13H13ClN2O4S. The van der Waals surface area contributed by atoms with E-state index in [1.807, 2.05) is 0 Å². The average Bonchev–Trinajstić information content (AvgIpc) is 2.72. The van der Waals surface area contributed by atoms with Gasteiger partial charge in [-0.25, -0.2) is 13.2 Å². The molecule has 3 N–H and O–H groups in total. The first kappa shape index (κ1) is 15.4. The van der Waals surface area contributed by atoms with Crippen LogP contribution in [0, 0.1) is 13.8 Å². The summed E-state index contributed by atoms with van der Waals surface area (Å²) in [5.41, 5.74) is 0.636. The van der Waals surface area contributed by atoms with Crippen molar-refractivity contribution in [2.24, 2.45) is 0 Å². The van der Waals surface area contributed by atoms with Crippen LogP contribution in [0.15, 0.2) is 29.3 Å². The Hall–Kier alpha value is -1.99. The highest BCUT2D eigenvalue weighted by molar-refractivity contribution is 7.92. The summed E-state index contributed by atoms with van der Waals surface area (Å²) < 4.78 is 27.0. The smallest absolute Gasteiger partial charge is 0.339 e. The van der Waals surface area contributed by atoms with E-state index in [0.717, 1.165) is 0 Å². The summed E-state index contributed by atoms with van der Waals surface area (Å²) in [6.45, 7) is 3.13. The highest BCUT2D eigenvalue weighted by atomic mass is 35.5. The van der Waals surface area contributed by atoms with Gasteiger partial charge in [-0.15, -0.1) is 0 Å². The molecule has 0 aliphatic rings. The minimum Gasteiger partial charge on any atom is -0.478 e. The van der Waals surface area contributed by atoms with E-state index in [0.29, 0.717) is 16.3 Å². The normalized spacial score (nSPS) is 11.4. The number of aromatic amines is 1. The lowest BCUT2D eigenvalue weighted by Crippen LogP contribution is -2.16. The number of rotatable bonds is 4. The van der Waals surface area contributed by atoms with E-state index < -0.39 is 16.0 Å². The van der Waals surface area contributed by atoms with E-state index >= 15 is 0 Å². The Morgan fingerprint density at radius 2 is 2.00 bits per heavy atom. The van der Waals surface area contributed by atoms with Crippen molar-refractivity contribution in [3.8, 4) is 0 Å². The molecule has 21 heavy (non-hydrogen) atoms. The van der Waals surface area contributed by atoms with Crippen LogP contribution in [-0.2, 0) is 10.0 Å². The van der Waals surface area contributed by atoms with Gasteiger partial charge in [-0.2, -0.15) is 0 Å². The number of hydrogen-bond acceptors (Lipinski definition) is 3. The van der Waals surface area contributed by atoms with E-state index in [1.54, 1.807) is 19.9 Å². The predicted molar refractivity (Wildman–Crippen MR) is 79.5 cm³/mol. The van der Waals surface area contributed by atoms with Crippen LogP contribution in [-0.4, -0.2) is 24.5 Å². The lowest BCUT2D eigenvalue weighted by Gasteiger charge is -2.11. The summed E-state index contributed by atoms with van der Waals surface area (Å²) in [7, 11) is -3.93. The predicted octanol–water partition coefficient (Wildman–Crippen LogP) is 2.78. The van der Waals surface area contributed by atoms with E-state index in [4.69, 9.17) is 16.7 Å². The molecule has 0 fully saturated rings. The lowest BCUT2D eigenvalue weighted by molar-refractivity contribution is 0.0697. The molecule has 112 valence electrons. The zero-order valence-corrected chi connectivity index (χ0v) is 12.8. The number of H-pyrrole nitrogens is 1. The number of sulfonamides is 1. The number of carboxylic acid groups (broad SMARTS) is 1. The third kappa shape index (κ3) is 2.88. The molecule has 0 amide bonds. The summed E-state index contributed by atoms with van der Waals surface area (Å²) in [5, 5.41) is 9.45. The quantitative estimate of drug-likeness (QED) is 0.803. The number of aromatic carboxylic acids is 1. The molecule has 2 aromatic rings. The van der Waals surface area contributed by atoms with Crippen LogP contribution < -0.4 is 4.72 Å². The lowest BCUT2D eigenvalue weighted by atomic mass is 10.2. The standard InChI is InChI=1S/C13H13ClN2O4S/c1-7-9(14)4-3-5-11(7)21(19,20)16-10-6-15-8(2)12(10)13(17)18/h3-6,15-16H,1-2H3,(H,17,18). The van der Waals surface area contributed by atoms with Crippen molar-refractivity contribution in [1.82, 2.24) is 4.98 Å². The molecule has 1 heterocycles. The fraction of sp³-hybridized carbons (Fsp3) is 0.154. The van der Waals surface area contributed by atoms with Crippen molar-refractivity contribution in [1.29, 1.82) is 0 Å². The van der Waals surface area contributed by atoms with Crippen molar-refractivity contribution in [2.45, 2.75) is 18.7 Å². The molecule has 0 bridgehead atoms. The van der Waals surface area contributed by atoms with E-state index in [-0.39, 0.29) is 16.1 Å². The van der Waals surface area contributed by atoms with Gasteiger partial charge in [0.25, 0.3) is 10.0 Å². The molecule has 1 aromatic carbocycles. The fourth-order valence-electron chi connectivity index (χ4n) is 1.96. The molecule has 0 saturated carbocycles. The molecule has 0 atom stereocenters. The molecule has 2 rings (SSSR count). The van der Waals surface area contributed by atoms with E-state index in [1.165, 1.54) is 18.3 Å². The monoisotopic (exact) mass is 328 g/mol. The van der Waals surface area contributed by atoms with Gasteiger partial charge >= 0.3 is 5.97 Å². The van der Waals surface area contributed by atoms with E-state index in [2.05, 4.69) is 9.71 Å². The second kappa shape index (κ2) is 5.42. The van der Waals surface area contributed by atoms with Crippen molar-refractivity contribution >= 4 is 33.3 Å². The Balaban J connectivity index is 2.48. The number of benzene rings is 1. The molecule has 1 aromatic heterocycles. The third-order valence-corrected chi connectivity index (χ3v) is 4.96. The van der Waals surface area contributed by atoms with Crippen molar-refractivity contribution in [2.75, 3.05) is 4.72 Å². The number of halogens is 1. The number of hydrogen-bond donors (Lipinski definition) is 3. The zero-order chi connectivity index (χ0) is 15.8. The maximum atomic E-state index is 12.4. The van der Waals surface area contributed by atoms with Gasteiger partial charge in [0, 0.05) is 16.9 Å². The van der Waals surface area contributed by atoms with Gasteiger partial charge < -0.3 is 10.1 Å². The first-order valence-electron chi connectivity index (χ1n) is 5.93. The SMILES string of the molecule is Cc1[nH]cc(NS(=O)(=O)c2cccc(Cl)c2C)c1C(=O)O. The molecule has 0 saturated heterocycles. The van der Waals surface area contributed by atoms with Crippen LogP contribution in [0.3, 0.4) is 0 Å². The Labute approximate surface area is 126 Å². The summed E-state index contributed by atoms with van der Waals surface area (Å²) in [6, 6.07) is 4.51. The fourth-order valence-corrected chi connectivity index (χ4v) is 3.52. The van der Waals surface area contributed by atoms with Gasteiger partial charge in [0.05, 0.1) is 10.6 Å². The van der Waals surface area contributed by atoms with Gasteiger partial charge in [0.2, 0.25) is 0 Å². The first-order chi connectivity index (χ1) is 9.74.